The Morgan fingerprint density at radius 2 is 0.391 bits per heavy atom. The van der Waals surface area contributed by atoms with Gasteiger partial charge in [0, 0.05) is 17.9 Å². The van der Waals surface area contributed by atoms with E-state index in [-0.39, 0.29) is 98.4 Å². The summed E-state index contributed by atoms with van der Waals surface area (Å²) in [5.74, 6) is 0.567. The first-order valence-corrected chi connectivity index (χ1v) is 22.0. The first-order chi connectivity index (χ1) is 28.4. The summed E-state index contributed by atoms with van der Waals surface area (Å²) < 4.78 is 41.7. The van der Waals surface area contributed by atoms with E-state index in [1.165, 1.54) is 0 Å². The fourth-order valence-electron chi connectivity index (χ4n) is 4.77. The first kappa shape index (κ1) is 70.6. The second kappa shape index (κ2) is 42.0. The van der Waals surface area contributed by atoms with Gasteiger partial charge in [-0.1, -0.05) is 108 Å². The van der Waals surface area contributed by atoms with E-state index in [2.05, 4.69) is 63.7 Å². The predicted molar refractivity (Wildman–Crippen MR) is 239 cm³/mol. The van der Waals surface area contributed by atoms with Gasteiger partial charge in [-0.25, -0.2) is 0 Å². The Morgan fingerprint density at radius 1 is 0.281 bits per heavy atom. The van der Waals surface area contributed by atoms with Gasteiger partial charge in [0.05, 0.1) is 52.9 Å². The zero-order valence-corrected chi connectivity index (χ0v) is 45.9. The van der Waals surface area contributed by atoms with Crippen molar-refractivity contribution < 1.29 is 134 Å². The molecule has 0 radical (unpaired) electrons. The van der Waals surface area contributed by atoms with Crippen LogP contribution in [0.2, 0.25) is 0 Å². The third-order valence-electron chi connectivity index (χ3n) is 7.86. The Kier molecular flexibility index (Phi) is 46.3. The normalized spacial score (nSPS) is 13.7. The van der Waals surface area contributed by atoms with Crippen molar-refractivity contribution in [3.8, 4) is 23.0 Å². The maximum Gasteiger partial charge on any atom is 1.00 e. The van der Waals surface area contributed by atoms with Crippen molar-refractivity contribution in [3.05, 3.63) is 111 Å². The summed E-state index contributed by atoms with van der Waals surface area (Å²) in [4.78, 5) is 0. The second-order valence-electron chi connectivity index (χ2n) is 13.2. The molecule has 8 rings (SSSR count). The molecule has 64 heavy (non-hydrogen) atoms. The molecule has 4 aliphatic rings. The topological polar surface area (TPSA) is 166 Å². The maximum absolute atomic E-state index is 11.1. The van der Waals surface area contributed by atoms with Crippen molar-refractivity contribution >= 4 is 63.7 Å². The zero-order chi connectivity index (χ0) is 45.0. The SMILES string of the molecule is C1COCO1.C1COCO1.C1COCO1.C1COCO1.Cc1cc(Br)cc(C)c1[O-].Cc1cc(Br)cc(C)c1[O-].Cc1cc(Br)cc(C)c1[O-].Cc1cc(Br)cc(C)c1[O-].[Li+].[Li+].[Li+].[Li+]. The number of benzene rings is 4. The van der Waals surface area contributed by atoms with Crippen molar-refractivity contribution in [3.63, 3.8) is 0 Å². The third-order valence-corrected chi connectivity index (χ3v) is 9.69. The van der Waals surface area contributed by atoms with E-state index in [9.17, 15) is 20.4 Å². The van der Waals surface area contributed by atoms with Crippen molar-refractivity contribution in [2.24, 2.45) is 0 Å². The third kappa shape index (κ3) is 32.8. The fourth-order valence-corrected chi connectivity index (χ4v) is 7.52. The number of hydrogen-bond donors (Lipinski definition) is 0. The minimum atomic E-state index is 0. The predicted octanol–water partition coefficient (Wildman–Crippen LogP) is -3.46. The Bertz CT molecular complexity index is 1450. The van der Waals surface area contributed by atoms with Crippen LogP contribution >= 0.6 is 63.7 Å². The van der Waals surface area contributed by atoms with Gasteiger partial charge >= 0.3 is 75.4 Å². The molecule has 4 heterocycles. The molecule has 0 amide bonds. The van der Waals surface area contributed by atoms with Gasteiger partial charge in [0.2, 0.25) is 0 Å². The zero-order valence-electron chi connectivity index (χ0n) is 39.5. The molecule has 0 bridgehead atoms. The van der Waals surface area contributed by atoms with Gasteiger partial charge in [0.15, 0.2) is 0 Å². The van der Waals surface area contributed by atoms with Crippen LogP contribution in [0.5, 0.6) is 23.0 Å². The summed E-state index contributed by atoms with van der Waals surface area (Å²) >= 11 is 13.2. The molecular formula is C44H56Br4Li4O12. The number of halogens is 4. The van der Waals surface area contributed by atoms with Crippen molar-refractivity contribution in [2.45, 2.75) is 55.4 Å². The molecule has 4 fully saturated rings. The van der Waals surface area contributed by atoms with E-state index in [0.29, 0.717) is 27.2 Å². The Morgan fingerprint density at radius 3 is 0.469 bits per heavy atom. The molecule has 0 aliphatic carbocycles. The van der Waals surface area contributed by atoms with E-state index < -0.39 is 0 Å². The molecule has 4 saturated heterocycles. The van der Waals surface area contributed by atoms with Crippen LogP contribution in [-0.4, -0.2) is 80.0 Å². The Labute approximate surface area is 462 Å². The van der Waals surface area contributed by atoms with E-state index in [1.54, 1.807) is 0 Å². The van der Waals surface area contributed by atoms with E-state index in [0.717, 1.165) is 115 Å². The summed E-state index contributed by atoms with van der Waals surface area (Å²) in [7, 11) is 0. The molecule has 336 valence electrons. The van der Waals surface area contributed by atoms with Gasteiger partial charge in [0.25, 0.3) is 0 Å². The van der Waals surface area contributed by atoms with Crippen LogP contribution in [0.4, 0.5) is 0 Å². The van der Waals surface area contributed by atoms with Gasteiger partial charge in [-0.2, -0.15) is 0 Å². The number of hydrogen-bond acceptors (Lipinski definition) is 12. The molecule has 0 atom stereocenters. The quantitative estimate of drug-likeness (QED) is 0.160. The largest absolute Gasteiger partial charge is 1.00 e. The molecule has 4 aliphatic heterocycles. The average molecular weight is 1120 g/mol. The summed E-state index contributed by atoms with van der Waals surface area (Å²) in [5, 5.41) is 44.4. The van der Waals surface area contributed by atoms with Crippen LogP contribution in [0.25, 0.3) is 0 Å². The van der Waals surface area contributed by atoms with Crippen LogP contribution in [-0.2, 0) is 37.9 Å². The van der Waals surface area contributed by atoms with Gasteiger partial charge in [-0.3, -0.25) is 0 Å². The van der Waals surface area contributed by atoms with Gasteiger partial charge in [-0.05, 0) is 104 Å². The van der Waals surface area contributed by atoms with Crippen molar-refractivity contribution in [2.75, 3.05) is 80.0 Å². The van der Waals surface area contributed by atoms with Crippen LogP contribution in [0, 0.1) is 55.4 Å². The summed E-state index contributed by atoms with van der Waals surface area (Å²) in [6.45, 7) is 22.8. The fraction of sp³-hybridized carbons (Fsp3) is 0.455. The van der Waals surface area contributed by atoms with Crippen molar-refractivity contribution in [1.82, 2.24) is 0 Å². The summed E-state index contributed by atoms with van der Waals surface area (Å²) in [6, 6.07) is 14.6. The molecule has 12 nitrogen and oxygen atoms in total. The number of ether oxygens (including phenoxy) is 8. The smallest absolute Gasteiger partial charge is 0.872 e. The Balaban J connectivity index is -0.000000324. The molecule has 0 N–H and O–H groups in total. The minimum absolute atomic E-state index is 0. The minimum Gasteiger partial charge on any atom is -0.872 e. The van der Waals surface area contributed by atoms with Crippen LogP contribution in [0.1, 0.15) is 44.5 Å². The molecule has 4 aromatic carbocycles. The van der Waals surface area contributed by atoms with Crippen LogP contribution < -0.4 is 95.9 Å². The molecule has 0 saturated carbocycles. The van der Waals surface area contributed by atoms with E-state index >= 15 is 0 Å². The molecule has 0 aromatic heterocycles. The standard InChI is InChI=1S/4C8H9BrO.4C3H6O2.4Li/c4*1-5-3-7(9)4-6(2)8(5)10;4*1-2-5-3-4-1;;;;/h4*3-4,10H,1-2H3;4*1-3H2;;;;/q;;;;;;;;4*+1/p-4. The van der Waals surface area contributed by atoms with Gasteiger partial charge < -0.3 is 58.3 Å². The van der Waals surface area contributed by atoms with Gasteiger partial charge in [-0.15, -0.1) is 23.0 Å². The molecule has 20 heteroatoms. The summed E-state index contributed by atoms with van der Waals surface area (Å²) in [6.07, 6.45) is 0. The molecule has 0 spiro atoms. The summed E-state index contributed by atoms with van der Waals surface area (Å²) in [5.41, 5.74) is 6.38. The van der Waals surface area contributed by atoms with Crippen LogP contribution in [0.15, 0.2) is 66.4 Å². The van der Waals surface area contributed by atoms with Crippen molar-refractivity contribution in [1.29, 1.82) is 0 Å². The average Bonchev–Trinajstić information content (AvgIpc) is 4.06. The monoisotopic (exact) mass is 1120 g/mol. The molecule has 4 aromatic rings. The maximum atomic E-state index is 11.1. The Hall–Kier alpha value is 0.0696. The van der Waals surface area contributed by atoms with Gasteiger partial charge in [0.1, 0.15) is 27.2 Å². The molecular weight excluding hydrogens is 1070 g/mol. The van der Waals surface area contributed by atoms with E-state index in [1.807, 2.05) is 104 Å². The number of rotatable bonds is 0. The first-order valence-electron chi connectivity index (χ1n) is 18.8. The second-order valence-corrected chi connectivity index (χ2v) is 16.9. The molecule has 0 unspecified atom stereocenters. The number of aryl methyl sites for hydroxylation is 8. The van der Waals surface area contributed by atoms with Crippen LogP contribution in [0.3, 0.4) is 0 Å². The van der Waals surface area contributed by atoms with E-state index in [4.69, 9.17) is 37.9 Å².